The van der Waals surface area contributed by atoms with Crippen LogP contribution < -0.4 is 4.72 Å². The monoisotopic (exact) mass is 477 g/mol. The largest absolute Gasteiger partial charge is 0.508 e. The second-order valence-corrected chi connectivity index (χ2v) is 9.21. The first-order valence-corrected chi connectivity index (χ1v) is 11.8. The van der Waals surface area contributed by atoms with Crippen LogP contribution in [-0.4, -0.2) is 81.3 Å². The first-order valence-electron chi connectivity index (χ1n) is 10.4. The molecule has 2 N–H and O–H groups in total. The molecule has 11 heteroatoms. The van der Waals surface area contributed by atoms with E-state index in [-0.39, 0.29) is 23.8 Å². The summed E-state index contributed by atoms with van der Waals surface area (Å²) in [6.45, 7) is 1.32. The van der Waals surface area contributed by atoms with Crippen LogP contribution in [0.4, 0.5) is 4.79 Å². The van der Waals surface area contributed by atoms with E-state index in [1.807, 2.05) is 30.3 Å². The second-order valence-electron chi connectivity index (χ2n) is 7.45. The zero-order chi connectivity index (χ0) is 23.8. The summed E-state index contributed by atoms with van der Waals surface area (Å²) in [4.78, 5) is 28.0. The molecule has 1 atom stereocenters. The van der Waals surface area contributed by atoms with Gasteiger partial charge in [0.1, 0.15) is 18.4 Å². The van der Waals surface area contributed by atoms with Crippen LogP contribution in [-0.2, 0) is 30.9 Å². The third kappa shape index (κ3) is 6.67. The molecule has 1 amide bonds. The van der Waals surface area contributed by atoms with Crippen LogP contribution in [0.1, 0.15) is 5.56 Å². The number of ether oxygens (including phenoxy) is 2. The van der Waals surface area contributed by atoms with E-state index < -0.39 is 28.1 Å². The fourth-order valence-corrected chi connectivity index (χ4v) is 4.46. The van der Waals surface area contributed by atoms with Crippen LogP contribution in [0.15, 0.2) is 59.5 Å². The molecule has 1 heterocycles. The number of benzene rings is 2. The van der Waals surface area contributed by atoms with E-state index in [0.717, 1.165) is 5.56 Å². The number of esters is 1. The molecule has 2 aromatic carbocycles. The van der Waals surface area contributed by atoms with Crippen LogP contribution in [0.3, 0.4) is 0 Å². The Morgan fingerprint density at radius 1 is 1.03 bits per heavy atom. The summed E-state index contributed by atoms with van der Waals surface area (Å²) in [6, 6.07) is 13.6. The lowest BCUT2D eigenvalue weighted by Crippen LogP contribution is -2.57. The number of nitrogens with one attached hydrogen (secondary N) is 1. The van der Waals surface area contributed by atoms with E-state index in [9.17, 15) is 23.1 Å². The molecule has 0 spiro atoms. The molecule has 1 aliphatic heterocycles. The second kappa shape index (κ2) is 11.1. The van der Waals surface area contributed by atoms with Crippen molar-refractivity contribution >= 4 is 22.1 Å². The van der Waals surface area contributed by atoms with Gasteiger partial charge in [0, 0.05) is 32.7 Å². The van der Waals surface area contributed by atoms with Crippen molar-refractivity contribution in [3.63, 3.8) is 0 Å². The van der Waals surface area contributed by atoms with Crippen molar-refractivity contribution in [1.29, 1.82) is 0 Å². The number of hydrogen-bond acceptors (Lipinski definition) is 8. The van der Waals surface area contributed by atoms with Crippen LogP contribution in [0.25, 0.3) is 0 Å². The molecule has 2 aromatic rings. The lowest BCUT2D eigenvalue weighted by Gasteiger charge is -2.37. The molecule has 0 radical (unpaired) electrons. The van der Waals surface area contributed by atoms with Gasteiger partial charge in [0.2, 0.25) is 10.0 Å². The minimum atomic E-state index is -3.89. The Labute approximate surface area is 192 Å². The Kier molecular flexibility index (Phi) is 8.26. The van der Waals surface area contributed by atoms with Crippen molar-refractivity contribution in [2.45, 2.75) is 17.5 Å². The Balaban J connectivity index is 1.55. The number of carbonyl (C=O) groups is 2. The van der Waals surface area contributed by atoms with Crippen molar-refractivity contribution in [2.75, 3.05) is 39.8 Å². The molecular formula is C22H27N3O7S. The van der Waals surface area contributed by atoms with Gasteiger partial charge in [0.25, 0.3) is 0 Å². The molecule has 1 aliphatic rings. The standard InChI is InChI=1S/C22H27N3O7S/c1-31-21(27)20(15-23-33(29,30)19-9-7-18(26)8-10-19)24-11-13-25(14-12-24)22(28)32-16-17-5-3-2-4-6-17/h2-10,20,23,26H,11-16H2,1H3/t20-/m0/s1. The number of sulfonamides is 1. The Bertz CT molecular complexity index is 1040. The van der Waals surface area contributed by atoms with Gasteiger partial charge >= 0.3 is 12.1 Å². The van der Waals surface area contributed by atoms with Gasteiger partial charge in [-0.3, -0.25) is 9.69 Å². The van der Waals surface area contributed by atoms with Crippen molar-refractivity contribution < 1.29 is 32.6 Å². The normalized spacial score (nSPS) is 15.6. The molecule has 1 fully saturated rings. The van der Waals surface area contributed by atoms with Crippen molar-refractivity contribution in [2.24, 2.45) is 0 Å². The molecule has 0 saturated carbocycles. The maximum absolute atomic E-state index is 12.5. The van der Waals surface area contributed by atoms with E-state index in [1.165, 1.54) is 31.4 Å². The number of carbonyl (C=O) groups excluding carboxylic acids is 2. The third-order valence-electron chi connectivity index (χ3n) is 5.31. The number of nitrogens with zero attached hydrogens (tertiary/aromatic N) is 2. The minimum Gasteiger partial charge on any atom is -0.508 e. The fraction of sp³-hybridized carbons (Fsp3) is 0.364. The maximum atomic E-state index is 12.5. The predicted octanol–water partition coefficient (Wildman–Crippen LogP) is 1.17. The number of rotatable bonds is 8. The van der Waals surface area contributed by atoms with Crippen LogP contribution in [0.2, 0.25) is 0 Å². The quantitative estimate of drug-likeness (QED) is 0.543. The number of methoxy groups -OCH3 is 1. The Hall–Kier alpha value is -3.15. The summed E-state index contributed by atoms with van der Waals surface area (Å²) in [5, 5.41) is 9.35. The molecule has 10 nitrogen and oxygen atoms in total. The van der Waals surface area contributed by atoms with Crippen molar-refractivity contribution in [1.82, 2.24) is 14.5 Å². The summed E-state index contributed by atoms with van der Waals surface area (Å²) >= 11 is 0. The highest BCUT2D eigenvalue weighted by molar-refractivity contribution is 7.89. The van der Waals surface area contributed by atoms with Crippen LogP contribution >= 0.6 is 0 Å². The predicted molar refractivity (Wildman–Crippen MR) is 119 cm³/mol. The average Bonchev–Trinajstić information content (AvgIpc) is 2.83. The number of hydrogen-bond donors (Lipinski definition) is 2. The maximum Gasteiger partial charge on any atom is 0.410 e. The van der Waals surface area contributed by atoms with Crippen LogP contribution in [0, 0.1) is 0 Å². The third-order valence-corrected chi connectivity index (χ3v) is 6.74. The van der Waals surface area contributed by atoms with Gasteiger partial charge in [0.05, 0.1) is 12.0 Å². The fourth-order valence-electron chi connectivity index (χ4n) is 3.42. The number of phenols is 1. The lowest BCUT2D eigenvalue weighted by atomic mass is 10.2. The zero-order valence-electron chi connectivity index (χ0n) is 18.2. The molecule has 3 rings (SSSR count). The van der Waals surface area contributed by atoms with E-state index in [0.29, 0.717) is 26.2 Å². The number of piperazine rings is 1. The molecular weight excluding hydrogens is 450 g/mol. The van der Waals surface area contributed by atoms with E-state index >= 15 is 0 Å². The smallest absolute Gasteiger partial charge is 0.410 e. The Morgan fingerprint density at radius 2 is 1.67 bits per heavy atom. The first kappa shape index (κ1) is 24.5. The topological polar surface area (TPSA) is 125 Å². The highest BCUT2D eigenvalue weighted by atomic mass is 32.2. The van der Waals surface area contributed by atoms with E-state index in [4.69, 9.17) is 9.47 Å². The van der Waals surface area contributed by atoms with Gasteiger partial charge in [-0.05, 0) is 29.8 Å². The number of aromatic hydroxyl groups is 1. The Morgan fingerprint density at radius 3 is 2.27 bits per heavy atom. The summed E-state index contributed by atoms with van der Waals surface area (Å²) in [6.07, 6.45) is -0.443. The lowest BCUT2D eigenvalue weighted by molar-refractivity contribution is -0.147. The van der Waals surface area contributed by atoms with Gasteiger partial charge < -0.3 is 19.5 Å². The van der Waals surface area contributed by atoms with E-state index in [2.05, 4.69) is 4.72 Å². The molecule has 0 aliphatic carbocycles. The summed E-state index contributed by atoms with van der Waals surface area (Å²) in [7, 11) is -2.65. The average molecular weight is 478 g/mol. The number of phenolic OH excluding ortho intramolecular Hbond substituents is 1. The van der Waals surface area contributed by atoms with Crippen molar-refractivity contribution in [3.8, 4) is 5.75 Å². The van der Waals surface area contributed by atoms with Gasteiger partial charge in [-0.1, -0.05) is 30.3 Å². The first-order chi connectivity index (χ1) is 15.8. The van der Waals surface area contributed by atoms with Gasteiger partial charge in [-0.2, -0.15) is 0 Å². The molecule has 0 unspecified atom stereocenters. The molecule has 0 bridgehead atoms. The zero-order valence-corrected chi connectivity index (χ0v) is 19.0. The van der Waals surface area contributed by atoms with Gasteiger partial charge in [0.15, 0.2) is 0 Å². The van der Waals surface area contributed by atoms with Crippen molar-refractivity contribution in [3.05, 3.63) is 60.2 Å². The summed E-state index contributed by atoms with van der Waals surface area (Å²) in [5.41, 5.74) is 0.885. The summed E-state index contributed by atoms with van der Waals surface area (Å²) < 4.78 is 37.7. The van der Waals surface area contributed by atoms with Crippen LogP contribution in [0.5, 0.6) is 5.75 Å². The van der Waals surface area contributed by atoms with Gasteiger partial charge in [-0.15, -0.1) is 0 Å². The molecule has 178 valence electrons. The minimum absolute atomic E-state index is 0.0325. The summed E-state index contributed by atoms with van der Waals surface area (Å²) in [5.74, 6) is -0.634. The highest BCUT2D eigenvalue weighted by Crippen LogP contribution is 2.15. The molecule has 1 saturated heterocycles. The molecule has 33 heavy (non-hydrogen) atoms. The highest BCUT2D eigenvalue weighted by Gasteiger charge is 2.32. The van der Waals surface area contributed by atoms with E-state index in [1.54, 1.807) is 9.80 Å². The SMILES string of the molecule is COC(=O)[C@H](CNS(=O)(=O)c1ccc(O)cc1)N1CCN(C(=O)OCc2ccccc2)CC1. The van der Waals surface area contributed by atoms with Gasteiger partial charge in [-0.25, -0.2) is 17.9 Å². The molecule has 0 aromatic heterocycles. The number of amides is 1.